The number of nitrogens with one attached hydrogen (secondary N) is 1. The predicted octanol–water partition coefficient (Wildman–Crippen LogP) is 2.77. The number of nitrogens with zero attached hydrogens (tertiary/aromatic N) is 2. The van der Waals surface area contributed by atoms with E-state index >= 15 is 0 Å². The van der Waals surface area contributed by atoms with Crippen LogP contribution in [0.2, 0.25) is 0 Å². The summed E-state index contributed by atoms with van der Waals surface area (Å²) in [6, 6.07) is 5.97. The zero-order valence-corrected chi connectivity index (χ0v) is 12.8. The van der Waals surface area contributed by atoms with E-state index < -0.39 is 0 Å². The van der Waals surface area contributed by atoms with Gasteiger partial charge < -0.3 is 14.8 Å². The van der Waals surface area contributed by atoms with Crippen LogP contribution < -0.4 is 14.8 Å². The summed E-state index contributed by atoms with van der Waals surface area (Å²) in [6.07, 6.45) is 1.76. The first-order chi connectivity index (χ1) is 9.76. The third-order valence-electron chi connectivity index (χ3n) is 2.92. The molecule has 0 unspecified atom stereocenters. The molecule has 1 N–H and O–H groups in total. The van der Waals surface area contributed by atoms with Gasteiger partial charge in [0.15, 0.2) is 11.5 Å². The highest BCUT2D eigenvalue weighted by atomic mass is 32.1. The number of anilines is 1. The molecule has 0 spiro atoms. The largest absolute Gasteiger partial charge is 0.493 e. The third kappa shape index (κ3) is 3.60. The Kier molecular flexibility index (Phi) is 5.17. The van der Waals surface area contributed by atoms with Crippen LogP contribution in [0.1, 0.15) is 18.3 Å². The fourth-order valence-electron chi connectivity index (χ4n) is 1.82. The van der Waals surface area contributed by atoms with E-state index in [1.165, 1.54) is 17.1 Å². The Labute approximate surface area is 123 Å². The van der Waals surface area contributed by atoms with Crippen LogP contribution in [0.4, 0.5) is 5.13 Å². The predicted molar refractivity (Wildman–Crippen MR) is 81.0 cm³/mol. The molecule has 108 valence electrons. The van der Waals surface area contributed by atoms with Crippen LogP contribution in [0, 0.1) is 0 Å². The molecule has 5 nitrogen and oxygen atoms in total. The molecule has 2 rings (SSSR count). The van der Waals surface area contributed by atoms with E-state index in [9.17, 15) is 0 Å². The first kappa shape index (κ1) is 14.6. The molecule has 0 saturated heterocycles. The summed E-state index contributed by atoms with van der Waals surface area (Å²) in [7, 11) is 3.28. The lowest BCUT2D eigenvalue weighted by Gasteiger charge is -2.09. The molecule has 0 bridgehead atoms. The van der Waals surface area contributed by atoms with Crippen molar-refractivity contribution in [1.82, 2.24) is 9.36 Å². The summed E-state index contributed by atoms with van der Waals surface area (Å²) in [4.78, 5) is 4.37. The topological polar surface area (TPSA) is 56.3 Å². The fourth-order valence-corrected chi connectivity index (χ4v) is 2.49. The summed E-state index contributed by atoms with van der Waals surface area (Å²) in [5.41, 5.74) is 1.19. The zero-order valence-electron chi connectivity index (χ0n) is 12.0. The number of rotatable bonds is 7. The minimum absolute atomic E-state index is 0.751. The Morgan fingerprint density at radius 2 is 2.00 bits per heavy atom. The highest BCUT2D eigenvalue weighted by Crippen LogP contribution is 2.27. The molecule has 0 aliphatic carbocycles. The number of aromatic nitrogens is 2. The molecule has 0 radical (unpaired) electrons. The van der Waals surface area contributed by atoms with Gasteiger partial charge in [-0.3, -0.25) is 0 Å². The molecule has 6 heteroatoms. The van der Waals surface area contributed by atoms with Crippen molar-refractivity contribution in [2.45, 2.75) is 19.8 Å². The second-order valence-electron chi connectivity index (χ2n) is 4.24. The van der Waals surface area contributed by atoms with Gasteiger partial charge in [-0.1, -0.05) is 13.0 Å². The number of aryl methyl sites for hydroxylation is 1. The molecular formula is C14H19N3O2S. The average molecular weight is 293 g/mol. The van der Waals surface area contributed by atoms with E-state index in [0.717, 1.165) is 41.8 Å². The summed E-state index contributed by atoms with van der Waals surface area (Å²) >= 11 is 1.41. The van der Waals surface area contributed by atoms with E-state index in [2.05, 4.69) is 21.6 Å². The van der Waals surface area contributed by atoms with Crippen LogP contribution in [0.3, 0.4) is 0 Å². The van der Waals surface area contributed by atoms with Crippen molar-refractivity contribution in [3.05, 3.63) is 29.6 Å². The lowest BCUT2D eigenvalue weighted by atomic mass is 10.1. The molecular weight excluding hydrogens is 274 g/mol. The zero-order chi connectivity index (χ0) is 14.4. The number of methoxy groups -OCH3 is 2. The van der Waals surface area contributed by atoms with Crippen molar-refractivity contribution in [3.8, 4) is 11.5 Å². The lowest BCUT2D eigenvalue weighted by molar-refractivity contribution is 0.354. The Hall–Kier alpha value is -1.82. The van der Waals surface area contributed by atoms with Gasteiger partial charge in [0.25, 0.3) is 0 Å². The second-order valence-corrected chi connectivity index (χ2v) is 4.99. The molecule has 1 aromatic heterocycles. The quantitative estimate of drug-likeness (QED) is 0.850. The smallest absolute Gasteiger partial charge is 0.202 e. The number of benzene rings is 1. The SMILES string of the molecule is CCc1nsc(NCCc2ccc(OC)c(OC)c2)n1. The highest BCUT2D eigenvalue weighted by Gasteiger charge is 2.05. The molecule has 0 aliphatic heterocycles. The molecule has 0 amide bonds. The maximum absolute atomic E-state index is 5.29. The molecule has 2 aromatic rings. The number of hydrogen-bond donors (Lipinski definition) is 1. The van der Waals surface area contributed by atoms with Crippen LogP contribution >= 0.6 is 11.5 Å². The maximum Gasteiger partial charge on any atom is 0.202 e. The molecule has 0 atom stereocenters. The Morgan fingerprint density at radius 3 is 2.65 bits per heavy atom. The van der Waals surface area contributed by atoms with Crippen molar-refractivity contribution in [1.29, 1.82) is 0 Å². The molecule has 0 saturated carbocycles. The van der Waals surface area contributed by atoms with E-state index in [1.54, 1.807) is 14.2 Å². The standard InChI is InChI=1S/C14H19N3O2S/c1-4-13-16-14(20-17-13)15-8-7-10-5-6-11(18-2)12(9-10)19-3/h5-6,9H,4,7-8H2,1-3H3,(H,15,16,17). The summed E-state index contributed by atoms with van der Waals surface area (Å²) < 4.78 is 14.8. The minimum atomic E-state index is 0.751. The normalized spacial score (nSPS) is 10.3. The molecule has 1 aromatic carbocycles. The van der Waals surface area contributed by atoms with E-state index in [1.807, 2.05) is 18.2 Å². The second kappa shape index (κ2) is 7.09. The van der Waals surface area contributed by atoms with Crippen LogP contribution in [0.15, 0.2) is 18.2 Å². The minimum Gasteiger partial charge on any atom is -0.493 e. The summed E-state index contributed by atoms with van der Waals surface area (Å²) in [6.45, 7) is 2.86. The van der Waals surface area contributed by atoms with Crippen molar-refractivity contribution >= 4 is 16.7 Å². The van der Waals surface area contributed by atoms with E-state index in [-0.39, 0.29) is 0 Å². The molecule has 0 fully saturated rings. The number of ether oxygens (including phenoxy) is 2. The van der Waals surface area contributed by atoms with Gasteiger partial charge in [0.2, 0.25) is 5.13 Å². The fraction of sp³-hybridized carbons (Fsp3) is 0.429. The average Bonchev–Trinajstić information content (AvgIpc) is 2.95. The summed E-state index contributed by atoms with van der Waals surface area (Å²) in [5, 5.41) is 4.16. The summed E-state index contributed by atoms with van der Waals surface area (Å²) in [5.74, 6) is 2.40. The van der Waals surface area contributed by atoms with Crippen molar-refractivity contribution < 1.29 is 9.47 Å². The number of hydrogen-bond acceptors (Lipinski definition) is 6. The lowest BCUT2D eigenvalue weighted by Crippen LogP contribution is -2.05. The van der Waals surface area contributed by atoms with Gasteiger partial charge in [-0.2, -0.15) is 4.37 Å². The van der Waals surface area contributed by atoms with Crippen molar-refractivity contribution in [2.75, 3.05) is 26.1 Å². The molecule has 0 aliphatic rings. The Balaban J connectivity index is 1.90. The highest BCUT2D eigenvalue weighted by molar-refractivity contribution is 7.09. The first-order valence-corrected chi connectivity index (χ1v) is 7.31. The van der Waals surface area contributed by atoms with Gasteiger partial charge in [-0.05, 0) is 24.1 Å². The van der Waals surface area contributed by atoms with Gasteiger partial charge >= 0.3 is 0 Å². The van der Waals surface area contributed by atoms with Crippen LogP contribution in [-0.4, -0.2) is 30.1 Å². The van der Waals surface area contributed by atoms with Crippen LogP contribution in [0.25, 0.3) is 0 Å². The Bertz CT molecular complexity index is 557. The van der Waals surface area contributed by atoms with Gasteiger partial charge in [0, 0.05) is 24.5 Å². The van der Waals surface area contributed by atoms with E-state index in [0.29, 0.717) is 0 Å². The van der Waals surface area contributed by atoms with Crippen LogP contribution in [0.5, 0.6) is 11.5 Å². The van der Waals surface area contributed by atoms with Gasteiger partial charge in [-0.15, -0.1) is 0 Å². The third-order valence-corrected chi connectivity index (χ3v) is 3.63. The Morgan fingerprint density at radius 1 is 1.20 bits per heavy atom. The van der Waals surface area contributed by atoms with Crippen molar-refractivity contribution in [2.24, 2.45) is 0 Å². The maximum atomic E-state index is 5.29. The molecule has 1 heterocycles. The van der Waals surface area contributed by atoms with Crippen molar-refractivity contribution in [3.63, 3.8) is 0 Å². The molecule has 20 heavy (non-hydrogen) atoms. The van der Waals surface area contributed by atoms with Crippen LogP contribution in [-0.2, 0) is 12.8 Å². The van der Waals surface area contributed by atoms with Gasteiger partial charge in [0.05, 0.1) is 14.2 Å². The van der Waals surface area contributed by atoms with Gasteiger partial charge in [0.1, 0.15) is 5.82 Å². The first-order valence-electron chi connectivity index (χ1n) is 6.54. The van der Waals surface area contributed by atoms with E-state index in [4.69, 9.17) is 9.47 Å². The van der Waals surface area contributed by atoms with Gasteiger partial charge in [-0.25, -0.2) is 4.98 Å². The monoisotopic (exact) mass is 293 g/mol.